The number of halogens is 1. The van der Waals surface area contributed by atoms with Gasteiger partial charge in [0, 0.05) is 24.5 Å². The summed E-state index contributed by atoms with van der Waals surface area (Å²) >= 11 is 3.63. The summed E-state index contributed by atoms with van der Waals surface area (Å²) in [5, 5.41) is 17.9. The zero-order valence-electron chi connectivity index (χ0n) is 20.5. The van der Waals surface area contributed by atoms with Crippen LogP contribution in [0.4, 0.5) is 0 Å². The molecule has 2 bridgehead atoms. The van der Waals surface area contributed by atoms with Gasteiger partial charge in [0.25, 0.3) is 0 Å². The van der Waals surface area contributed by atoms with E-state index < -0.39 is 35.6 Å². The summed E-state index contributed by atoms with van der Waals surface area (Å²) in [5.74, 6) is -2.80. The number of benzene rings is 1. The van der Waals surface area contributed by atoms with E-state index in [2.05, 4.69) is 32.8 Å². The fraction of sp³-hybridized carbons (Fsp3) is 0.560. The summed E-state index contributed by atoms with van der Waals surface area (Å²) in [6.45, 7) is 6.02. The summed E-state index contributed by atoms with van der Waals surface area (Å²) < 4.78 is 13.4. The van der Waals surface area contributed by atoms with Crippen LogP contribution >= 0.6 is 15.9 Å². The van der Waals surface area contributed by atoms with E-state index in [1.165, 1.54) is 4.90 Å². The molecule has 1 spiro atoms. The monoisotopic (exact) mass is 575 g/mol. The minimum atomic E-state index is -1.19. The number of hydrogen-bond acceptors (Lipinski definition) is 8. The van der Waals surface area contributed by atoms with Crippen LogP contribution in [0.15, 0.2) is 36.9 Å². The molecule has 4 heterocycles. The lowest BCUT2D eigenvalue weighted by Gasteiger charge is -2.37. The lowest BCUT2D eigenvalue weighted by Crippen LogP contribution is -2.57. The summed E-state index contributed by atoms with van der Waals surface area (Å²) in [6.07, 6.45) is 1.72. The smallest absolute Gasteiger partial charge is 0.312 e. The van der Waals surface area contributed by atoms with Crippen molar-refractivity contribution in [1.82, 2.24) is 24.8 Å². The van der Waals surface area contributed by atoms with Crippen molar-refractivity contribution in [3.05, 3.63) is 36.9 Å². The van der Waals surface area contributed by atoms with Gasteiger partial charge in [-0.2, -0.15) is 0 Å². The molecule has 3 aliphatic heterocycles. The largest absolute Gasteiger partial charge is 0.466 e. The van der Waals surface area contributed by atoms with Gasteiger partial charge in [-0.05, 0) is 31.9 Å². The molecule has 2 amide bonds. The summed E-state index contributed by atoms with van der Waals surface area (Å²) in [7, 11) is 0. The van der Waals surface area contributed by atoms with E-state index in [0.717, 1.165) is 5.52 Å². The fourth-order valence-corrected chi connectivity index (χ4v) is 7.07. The number of carbonyl (C=O) groups is 3. The van der Waals surface area contributed by atoms with E-state index in [1.54, 1.807) is 22.6 Å². The van der Waals surface area contributed by atoms with Gasteiger partial charge in [0.05, 0.1) is 30.1 Å². The van der Waals surface area contributed by atoms with Crippen LogP contribution in [0.3, 0.4) is 0 Å². The predicted molar refractivity (Wildman–Crippen MR) is 135 cm³/mol. The highest BCUT2D eigenvalue weighted by Crippen LogP contribution is 2.60. The Balaban J connectivity index is 1.53. The van der Waals surface area contributed by atoms with E-state index in [4.69, 9.17) is 9.47 Å². The lowest BCUT2D eigenvalue weighted by molar-refractivity contribution is -0.155. The number of carbonyl (C=O) groups excluding carboxylic acids is 3. The highest BCUT2D eigenvalue weighted by Gasteiger charge is 2.77. The van der Waals surface area contributed by atoms with E-state index in [9.17, 15) is 19.5 Å². The Morgan fingerprint density at radius 2 is 2.19 bits per heavy atom. The van der Waals surface area contributed by atoms with Gasteiger partial charge in [0.15, 0.2) is 0 Å². The molecule has 1 aromatic carbocycles. The van der Waals surface area contributed by atoms with Crippen LogP contribution < -0.4 is 0 Å². The Bertz CT molecular complexity index is 1220. The first-order chi connectivity index (χ1) is 17.9. The third kappa shape index (κ3) is 4.05. The van der Waals surface area contributed by atoms with Crippen LogP contribution in [0.25, 0.3) is 11.0 Å². The average molecular weight is 576 g/mol. The van der Waals surface area contributed by atoms with Gasteiger partial charge in [-0.25, -0.2) is 4.68 Å². The predicted octanol–water partition coefficient (Wildman–Crippen LogP) is 1.10. The van der Waals surface area contributed by atoms with Crippen molar-refractivity contribution in [3.8, 4) is 0 Å². The first kappa shape index (κ1) is 25.8. The maximum atomic E-state index is 14.3. The van der Waals surface area contributed by atoms with Crippen molar-refractivity contribution >= 4 is 44.7 Å². The number of alkyl halides is 1. The Labute approximate surface area is 222 Å². The molecule has 0 radical (unpaired) electrons. The van der Waals surface area contributed by atoms with Gasteiger partial charge in [-0.15, -0.1) is 11.7 Å². The number of aliphatic hydroxyl groups is 1. The average Bonchev–Trinajstić information content (AvgIpc) is 3.60. The Hall–Kier alpha value is -2.83. The normalized spacial score (nSPS) is 30.1. The summed E-state index contributed by atoms with van der Waals surface area (Å²) in [4.78, 5) is 43.9. The molecule has 0 aliphatic carbocycles. The van der Waals surface area contributed by atoms with Gasteiger partial charge >= 0.3 is 5.97 Å². The number of nitrogens with zero attached hydrogens (tertiary/aromatic N) is 5. The van der Waals surface area contributed by atoms with Crippen molar-refractivity contribution in [2.45, 2.75) is 49.0 Å². The molecule has 198 valence electrons. The van der Waals surface area contributed by atoms with E-state index in [0.29, 0.717) is 18.4 Å². The van der Waals surface area contributed by atoms with Gasteiger partial charge in [0.2, 0.25) is 11.8 Å². The molecule has 3 aliphatic rings. The second-order valence-electron chi connectivity index (χ2n) is 9.59. The maximum absolute atomic E-state index is 14.3. The number of ether oxygens (including phenoxy) is 2. The maximum Gasteiger partial charge on any atom is 0.312 e. The number of rotatable bonds is 10. The van der Waals surface area contributed by atoms with Crippen LogP contribution in [0.1, 0.15) is 19.8 Å². The van der Waals surface area contributed by atoms with Gasteiger partial charge < -0.3 is 24.4 Å². The molecule has 3 saturated heterocycles. The quantitative estimate of drug-likeness (QED) is 0.253. The summed E-state index contributed by atoms with van der Waals surface area (Å²) in [5.41, 5.74) is 0.273. The number of para-hydroxylation sites is 1. The van der Waals surface area contributed by atoms with Crippen molar-refractivity contribution in [1.29, 1.82) is 0 Å². The molecule has 2 aromatic rings. The lowest BCUT2D eigenvalue weighted by atomic mass is 9.70. The highest BCUT2D eigenvalue weighted by atomic mass is 79.9. The molecule has 0 saturated carbocycles. The van der Waals surface area contributed by atoms with Gasteiger partial charge in [0.1, 0.15) is 23.8 Å². The van der Waals surface area contributed by atoms with Gasteiger partial charge in [-0.1, -0.05) is 39.4 Å². The first-order valence-electron chi connectivity index (χ1n) is 12.5. The molecular weight excluding hydrogens is 546 g/mol. The number of aromatic nitrogens is 3. The first-order valence-corrected chi connectivity index (χ1v) is 13.4. The third-order valence-electron chi connectivity index (χ3n) is 7.53. The molecule has 5 rings (SSSR count). The van der Waals surface area contributed by atoms with Crippen molar-refractivity contribution in [3.63, 3.8) is 0 Å². The molecule has 1 N–H and O–H groups in total. The molecule has 1 unspecified atom stereocenters. The van der Waals surface area contributed by atoms with E-state index in [1.807, 2.05) is 24.3 Å². The topological polar surface area (TPSA) is 127 Å². The second kappa shape index (κ2) is 10.1. The number of aliphatic hydroxyl groups excluding tert-OH is 1. The third-order valence-corrected chi connectivity index (χ3v) is 8.37. The van der Waals surface area contributed by atoms with Gasteiger partial charge in [-0.3, -0.25) is 14.4 Å². The molecule has 12 heteroatoms. The number of fused-ring (bicyclic) bond motifs is 2. The molecular formula is C25H30BrN5O6. The van der Waals surface area contributed by atoms with Crippen LogP contribution in [0.2, 0.25) is 0 Å². The van der Waals surface area contributed by atoms with Crippen LogP contribution in [0.5, 0.6) is 0 Å². The SMILES string of the molecule is C=CCN(Cn1nnc2ccccc21)C(=O)[C@H]1N(CCCO)C(=O)[C@@H]2[C@@H](C(=O)OCC)[C@@H]3O[C@@]21CC3Br. The van der Waals surface area contributed by atoms with E-state index >= 15 is 0 Å². The highest BCUT2D eigenvalue weighted by molar-refractivity contribution is 9.09. The van der Waals surface area contributed by atoms with Crippen LogP contribution in [0, 0.1) is 11.8 Å². The Morgan fingerprint density at radius 1 is 1.41 bits per heavy atom. The summed E-state index contributed by atoms with van der Waals surface area (Å²) in [6, 6.07) is 6.46. The van der Waals surface area contributed by atoms with Crippen molar-refractivity contribution in [2.24, 2.45) is 11.8 Å². The minimum absolute atomic E-state index is 0.0904. The number of hydrogen-bond donors (Lipinski definition) is 1. The molecule has 1 aromatic heterocycles. The molecule has 37 heavy (non-hydrogen) atoms. The zero-order chi connectivity index (χ0) is 26.3. The number of esters is 1. The molecule has 6 atom stereocenters. The van der Waals surface area contributed by atoms with Crippen molar-refractivity contribution in [2.75, 3.05) is 26.3 Å². The molecule has 3 fully saturated rings. The number of amides is 2. The molecule has 11 nitrogen and oxygen atoms in total. The fourth-order valence-electron chi connectivity index (χ4n) is 6.13. The Kier molecular flexibility index (Phi) is 7.08. The Morgan fingerprint density at radius 3 is 2.92 bits per heavy atom. The number of likely N-dealkylation sites (tertiary alicyclic amines) is 1. The zero-order valence-corrected chi connectivity index (χ0v) is 22.1. The van der Waals surface area contributed by atoms with Crippen LogP contribution in [-0.2, 0) is 30.5 Å². The van der Waals surface area contributed by atoms with Crippen molar-refractivity contribution < 1.29 is 29.0 Å². The standard InChI is InChI=1S/C25H30BrN5O6/c1-3-10-29(14-31-17-9-6-5-8-16(17)27-28-31)23(34)21-25-13-15(26)20(37-25)18(24(35)36-4-2)19(25)22(33)30(21)11-7-12-32/h3,5-6,8-9,15,18-21,32H,1,4,7,10-14H2,2H3/t15?,18-,19+,20-,21-,25+/m1/s1. The second-order valence-corrected chi connectivity index (χ2v) is 10.8. The minimum Gasteiger partial charge on any atom is -0.466 e. The van der Waals surface area contributed by atoms with E-state index in [-0.39, 0.29) is 49.6 Å². The van der Waals surface area contributed by atoms with Crippen LogP contribution in [-0.4, -0.2) is 96.6 Å².